The number of ether oxygens (including phenoxy) is 1. The number of benzene rings is 1. The first kappa shape index (κ1) is 25.0. The molecule has 0 aliphatic carbocycles. The van der Waals surface area contributed by atoms with Gasteiger partial charge in [0.2, 0.25) is 0 Å². The predicted octanol–water partition coefficient (Wildman–Crippen LogP) is 6.07. The van der Waals surface area contributed by atoms with Crippen LogP contribution >= 0.6 is 0 Å². The van der Waals surface area contributed by atoms with Crippen molar-refractivity contribution in [2.24, 2.45) is 11.8 Å². The summed E-state index contributed by atoms with van der Waals surface area (Å²) in [5, 5.41) is 19.8. The molecule has 5 nitrogen and oxygen atoms in total. The molecule has 29 heavy (non-hydrogen) atoms. The van der Waals surface area contributed by atoms with E-state index in [9.17, 15) is 19.8 Å². The lowest BCUT2D eigenvalue weighted by molar-refractivity contribution is -0.140. The Balaban J connectivity index is 3.36. The maximum Gasteiger partial charge on any atom is 0.310 e. The lowest BCUT2D eigenvalue weighted by atomic mass is 9.81. The van der Waals surface area contributed by atoms with Crippen LogP contribution in [0.4, 0.5) is 0 Å². The number of aliphatic carboxylic acids is 2. The minimum atomic E-state index is -0.911. The highest BCUT2D eigenvalue weighted by molar-refractivity contribution is 5.81. The fourth-order valence-electron chi connectivity index (χ4n) is 3.42. The van der Waals surface area contributed by atoms with Crippen molar-refractivity contribution < 1.29 is 24.5 Å². The molecule has 2 atom stereocenters. The lowest BCUT2D eigenvalue weighted by Gasteiger charge is -2.23. The van der Waals surface area contributed by atoms with Crippen molar-refractivity contribution >= 4 is 11.9 Å². The molecule has 0 saturated heterocycles. The zero-order valence-corrected chi connectivity index (χ0v) is 18.6. The maximum absolute atomic E-state index is 12.1. The van der Waals surface area contributed by atoms with Crippen molar-refractivity contribution in [1.82, 2.24) is 0 Å². The highest BCUT2D eigenvalue weighted by atomic mass is 16.5. The molecule has 0 spiro atoms. The average Bonchev–Trinajstić information content (AvgIpc) is 2.62. The highest BCUT2D eigenvalue weighted by Crippen LogP contribution is 2.36. The Morgan fingerprint density at radius 3 is 1.83 bits per heavy atom. The fourth-order valence-corrected chi connectivity index (χ4v) is 3.42. The van der Waals surface area contributed by atoms with Crippen LogP contribution in [0.5, 0.6) is 5.75 Å². The van der Waals surface area contributed by atoms with Crippen LogP contribution in [-0.2, 0) is 9.59 Å². The van der Waals surface area contributed by atoms with Gasteiger partial charge in [0.15, 0.2) is 0 Å². The second-order valence-corrected chi connectivity index (χ2v) is 8.72. The maximum atomic E-state index is 12.1. The first-order valence-corrected chi connectivity index (χ1v) is 10.9. The molecule has 164 valence electrons. The van der Waals surface area contributed by atoms with Crippen LogP contribution in [0.15, 0.2) is 18.2 Å². The van der Waals surface area contributed by atoms with Gasteiger partial charge >= 0.3 is 11.9 Å². The van der Waals surface area contributed by atoms with E-state index in [0.29, 0.717) is 48.2 Å². The van der Waals surface area contributed by atoms with Gasteiger partial charge in [0.25, 0.3) is 0 Å². The largest absolute Gasteiger partial charge is 0.494 e. The van der Waals surface area contributed by atoms with Gasteiger partial charge in [-0.3, -0.25) is 9.59 Å². The molecule has 0 aliphatic rings. The van der Waals surface area contributed by atoms with Crippen molar-refractivity contribution in [1.29, 1.82) is 0 Å². The smallest absolute Gasteiger partial charge is 0.310 e. The van der Waals surface area contributed by atoms with Crippen molar-refractivity contribution in [3.8, 4) is 5.75 Å². The van der Waals surface area contributed by atoms with E-state index in [4.69, 9.17) is 4.74 Å². The molecule has 0 bridgehead atoms. The molecule has 2 N–H and O–H groups in total. The summed E-state index contributed by atoms with van der Waals surface area (Å²) in [4.78, 5) is 24.1. The van der Waals surface area contributed by atoms with Crippen LogP contribution in [0.25, 0.3) is 0 Å². The highest BCUT2D eigenvalue weighted by Gasteiger charge is 2.29. The molecule has 1 aromatic carbocycles. The molecule has 0 heterocycles. The minimum Gasteiger partial charge on any atom is -0.494 e. The molecule has 5 heteroatoms. The predicted molar refractivity (Wildman–Crippen MR) is 116 cm³/mol. The van der Waals surface area contributed by atoms with Gasteiger partial charge in [-0.1, -0.05) is 47.1 Å². The third-order valence-corrected chi connectivity index (χ3v) is 5.24. The Hall–Kier alpha value is -2.04. The van der Waals surface area contributed by atoms with E-state index in [0.717, 1.165) is 25.7 Å². The Kier molecular flexibility index (Phi) is 10.8. The normalized spacial score (nSPS) is 13.5. The van der Waals surface area contributed by atoms with E-state index in [2.05, 4.69) is 34.6 Å². The summed E-state index contributed by atoms with van der Waals surface area (Å²) in [5.74, 6) is -1.89. The third kappa shape index (κ3) is 8.46. The Morgan fingerprint density at radius 2 is 1.38 bits per heavy atom. The van der Waals surface area contributed by atoms with Crippen LogP contribution in [0.3, 0.4) is 0 Å². The SMILES string of the molecule is CCCCOc1ccc(C(CCC(C)C)C(=O)O)c(C(CCC(C)C)C(=O)O)c1. The molecular weight excluding hydrogens is 368 g/mol. The molecule has 0 aromatic heterocycles. The van der Waals surface area contributed by atoms with Gasteiger partial charge in [-0.25, -0.2) is 0 Å². The summed E-state index contributed by atoms with van der Waals surface area (Å²) < 4.78 is 5.80. The Bertz CT molecular complexity index is 651. The number of hydrogen-bond acceptors (Lipinski definition) is 3. The molecule has 1 rings (SSSR count). The number of carboxylic acid groups (broad SMARTS) is 2. The fraction of sp³-hybridized carbons (Fsp3) is 0.667. The number of carbonyl (C=O) groups is 2. The summed E-state index contributed by atoms with van der Waals surface area (Å²) in [6.45, 7) is 10.9. The molecule has 0 saturated carbocycles. The van der Waals surface area contributed by atoms with Crippen LogP contribution in [0, 0.1) is 11.8 Å². The Labute approximate surface area is 175 Å². The van der Waals surface area contributed by atoms with Gasteiger partial charge in [0.05, 0.1) is 18.4 Å². The molecule has 0 amide bonds. The second kappa shape index (κ2) is 12.5. The van der Waals surface area contributed by atoms with Crippen LogP contribution in [0.1, 0.15) is 96.1 Å². The van der Waals surface area contributed by atoms with E-state index in [1.54, 1.807) is 18.2 Å². The van der Waals surface area contributed by atoms with Gasteiger partial charge in [-0.2, -0.15) is 0 Å². The molecule has 0 radical (unpaired) electrons. The van der Waals surface area contributed by atoms with Crippen molar-refractivity contribution in [2.75, 3.05) is 6.61 Å². The first-order valence-electron chi connectivity index (χ1n) is 10.9. The van der Waals surface area contributed by atoms with Crippen LogP contribution in [0.2, 0.25) is 0 Å². The van der Waals surface area contributed by atoms with Gasteiger partial charge in [-0.05, 0) is 67.2 Å². The number of unbranched alkanes of at least 4 members (excludes halogenated alkanes) is 1. The monoisotopic (exact) mass is 406 g/mol. The number of rotatable bonds is 14. The van der Waals surface area contributed by atoms with E-state index in [1.807, 2.05) is 0 Å². The van der Waals surface area contributed by atoms with E-state index in [-0.39, 0.29) is 0 Å². The van der Waals surface area contributed by atoms with E-state index in [1.165, 1.54) is 0 Å². The molecule has 0 fully saturated rings. The van der Waals surface area contributed by atoms with E-state index < -0.39 is 23.8 Å². The standard InChI is InChI=1S/C24H38O5/c1-6-7-14-29-18-10-13-19(20(23(25)26)11-8-16(2)3)22(15-18)21(24(27)28)12-9-17(4)5/h10,13,15-17,20-21H,6-9,11-12,14H2,1-5H3,(H,25,26)(H,27,28). The molecular formula is C24H38O5. The summed E-state index contributed by atoms with van der Waals surface area (Å²) in [6, 6.07) is 5.30. The Morgan fingerprint density at radius 1 is 0.862 bits per heavy atom. The number of hydrogen-bond donors (Lipinski definition) is 2. The zero-order chi connectivity index (χ0) is 22.0. The minimum absolute atomic E-state index is 0.375. The van der Waals surface area contributed by atoms with Gasteiger partial charge in [0, 0.05) is 0 Å². The summed E-state index contributed by atoms with van der Waals surface area (Å²) >= 11 is 0. The average molecular weight is 407 g/mol. The quantitative estimate of drug-likeness (QED) is 0.366. The van der Waals surface area contributed by atoms with Gasteiger partial charge in [-0.15, -0.1) is 0 Å². The second-order valence-electron chi connectivity index (χ2n) is 8.72. The van der Waals surface area contributed by atoms with Crippen LogP contribution < -0.4 is 4.74 Å². The zero-order valence-electron chi connectivity index (χ0n) is 18.6. The van der Waals surface area contributed by atoms with Crippen molar-refractivity contribution in [3.05, 3.63) is 29.3 Å². The van der Waals surface area contributed by atoms with E-state index >= 15 is 0 Å². The van der Waals surface area contributed by atoms with Gasteiger partial charge in [0.1, 0.15) is 5.75 Å². The van der Waals surface area contributed by atoms with Crippen molar-refractivity contribution in [3.63, 3.8) is 0 Å². The third-order valence-electron chi connectivity index (χ3n) is 5.24. The van der Waals surface area contributed by atoms with Gasteiger partial charge < -0.3 is 14.9 Å². The lowest BCUT2D eigenvalue weighted by Crippen LogP contribution is -2.20. The first-order chi connectivity index (χ1) is 13.7. The topological polar surface area (TPSA) is 83.8 Å². The van der Waals surface area contributed by atoms with Crippen LogP contribution in [-0.4, -0.2) is 28.8 Å². The molecule has 2 unspecified atom stereocenters. The van der Waals surface area contributed by atoms with Crippen molar-refractivity contribution in [2.45, 2.75) is 85.0 Å². The molecule has 1 aromatic rings. The molecule has 0 aliphatic heterocycles. The number of carboxylic acids is 2. The summed E-state index contributed by atoms with van der Waals surface area (Å²) in [7, 11) is 0. The summed E-state index contributed by atoms with van der Waals surface area (Å²) in [5.41, 5.74) is 1.19. The summed E-state index contributed by atoms with van der Waals surface area (Å²) in [6.07, 6.45) is 4.43.